The van der Waals surface area contributed by atoms with Gasteiger partial charge in [0.15, 0.2) is 0 Å². The van der Waals surface area contributed by atoms with Crippen LogP contribution in [-0.4, -0.2) is 9.59 Å². The van der Waals surface area contributed by atoms with E-state index in [9.17, 15) is 0 Å². The number of nitrogens with two attached hydrogens (primary N) is 1. The standard InChI is InChI=1S/C11H17N3S/c1-4-5-6-7-9(12)11-10(8(2)3)13-14-15-11/h1,8-9H,5-7,12H2,2-3H3. The van der Waals surface area contributed by atoms with Gasteiger partial charge in [-0.25, -0.2) is 0 Å². The SMILES string of the molecule is C#CCCCC(N)c1snnc1C(C)C. The van der Waals surface area contributed by atoms with Gasteiger partial charge in [0.2, 0.25) is 0 Å². The molecule has 3 nitrogen and oxygen atoms in total. The highest BCUT2D eigenvalue weighted by Crippen LogP contribution is 2.27. The Morgan fingerprint density at radius 1 is 1.53 bits per heavy atom. The molecule has 1 atom stereocenters. The molecule has 0 saturated heterocycles. The lowest BCUT2D eigenvalue weighted by atomic mass is 10.0. The minimum atomic E-state index is 0.0377. The maximum atomic E-state index is 6.08. The predicted octanol–water partition coefficient (Wildman–Crippen LogP) is 2.46. The Morgan fingerprint density at radius 2 is 2.27 bits per heavy atom. The van der Waals surface area contributed by atoms with E-state index in [0.29, 0.717) is 5.92 Å². The fourth-order valence-electron chi connectivity index (χ4n) is 1.42. The van der Waals surface area contributed by atoms with Crippen LogP contribution in [0.1, 0.15) is 55.6 Å². The van der Waals surface area contributed by atoms with E-state index in [4.69, 9.17) is 12.2 Å². The summed E-state index contributed by atoms with van der Waals surface area (Å²) in [5, 5.41) is 4.11. The lowest BCUT2D eigenvalue weighted by Gasteiger charge is -2.11. The Kier molecular flexibility index (Phi) is 4.73. The summed E-state index contributed by atoms with van der Waals surface area (Å²) in [6.07, 6.45) is 7.86. The molecular formula is C11H17N3S. The Hall–Kier alpha value is -0.920. The minimum Gasteiger partial charge on any atom is -0.323 e. The zero-order chi connectivity index (χ0) is 11.3. The van der Waals surface area contributed by atoms with Crippen molar-refractivity contribution in [1.29, 1.82) is 0 Å². The van der Waals surface area contributed by atoms with Crippen molar-refractivity contribution >= 4 is 11.5 Å². The summed E-state index contributed by atoms with van der Waals surface area (Å²) in [5.74, 6) is 3.01. The van der Waals surface area contributed by atoms with Crippen LogP contribution in [0.15, 0.2) is 0 Å². The van der Waals surface area contributed by atoms with Crippen LogP contribution in [-0.2, 0) is 0 Å². The van der Waals surface area contributed by atoms with Crippen LogP contribution in [0.5, 0.6) is 0 Å². The summed E-state index contributed by atoms with van der Waals surface area (Å²) in [5.41, 5.74) is 7.12. The fraction of sp³-hybridized carbons (Fsp3) is 0.636. The Bertz CT molecular complexity index is 338. The number of nitrogens with zero attached hydrogens (tertiary/aromatic N) is 2. The number of hydrogen-bond donors (Lipinski definition) is 1. The second-order valence-corrected chi connectivity index (χ2v) is 4.67. The third kappa shape index (κ3) is 3.29. The predicted molar refractivity (Wildman–Crippen MR) is 63.6 cm³/mol. The van der Waals surface area contributed by atoms with Crippen LogP contribution in [0.3, 0.4) is 0 Å². The monoisotopic (exact) mass is 223 g/mol. The summed E-state index contributed by atoms with van der Waals surface area (Å²) in [6.45, 7) is 4.21. The van der Waals surface area contributed by atoms with Crippen molar-refractivity contribution in [3.05, 3.63) is 10.6 Å². The van der Waals surface area contributed by atoms with Gasteiger partial charge in [-0.1, -0.05) is 18.3 Å². The lowest BCUT2D eigenvalue weighted by Crippen LogP contribution is -2.11. The molecule has 0 aliphatic carbocycles. The van der Waals surface area contributed by atoms with Crippen molar-refractivity contribution in [3.8, 4) is 12.3 Å². The molecule has 2 N–H and O–H groups in total. The van der Waals surface area contributed by atoms with Crippen molar-refractivity contribution < 1.29 is 0 Å². The molecule has 1 aromatic rings. The van der Waals surface area contributed by atoms with E-state index < -0.39 is 0 Å². The molecule has 82 valence electrons. The van der Waals surface area contributed by atoms with Crippen LogP contribution < -0.4 is 5.73 Å². The topological polar surface area (TPSA) is 51.8 Å². The average molecular weight is 223 g/mol. The molecule has 0 spiro atoms. The van der Waals surface area contributed by atoms with E-state index in [-0.39, 0.29) is 6.04 Å². The molecule has 0 radical (unpaired) electrons. The molecule has 0 saturated carbocycles. The fourth-order valence-corrected chi connectivity index (χ4v) is 2.26. The first-order chi connectivity index (χ1) is 7.16. The first kappa shape index (κ1) is 12.2. The number of unbranched alkanes of at least 4 members (excludes halogenated alkanes) is 1. The van der Waals surface area contributed by atoms with E-state index in [1.807, 2.05) is 0 Å². The van der Waals surface area contributed by atoms with Gasteiger partial charge >= 0.3 is 0 Å². The summed E-state index contributed by atoms with van der Waals surface area (Å²) >= 11 is 1.41. The normalized spacial score (nSPS) is 12.7. The van der Waals surface area contributed by atoms with Crippen LogP contribution in [0.2, 0.25) is 0 Å². The molecule has 15 heavy (non-hydrogen) atoms. The van der Waals surface area contributed by atoms with E-state index in [0.717, 1.165) is 29.8 Å². The molecule has 1 aromatic heterocycles. The van der Waals surface area contributed by atoms with Gasteiger partial charge in [0, 0.05) is 12.5 Å². The van der Waals surface area contributed by atoms with Gasteiger partial charge in [0.25, 0.3) is 0 Å². The highest BCUT2D eigenvalue weighted by Gasteiger charge is 2.17. The Labute approximate surface area is 95.2 Å². The number of terminal acetylenes is 1. The van der Waals surface area contributed by atoms with E-state index in [2.05, 4.69) is 29.4 Å². The zero-order valence-corrected chi connectivity index (χ0v) is 10.0. The summed E-state index contributed by atoms with van der Waals surface area (Å²) < 4.78 is 3.96. The first-order valence-corrected chi connectivity index (χ1v) is 5.95. The van der Waals surface area contributed by atoms with Crippen molar-refractivity contribution in [2.45, 2.75) is 45.1 Å². The largest absolute Gasteiger partial charge is 0.323 e. The molecule has 0 fully saturated rings. The summed E-state index contributed by atoms with van der Waals surface area (Å²) in [7, 11) is 0. The number of aromatic nitrogens is 2. The molecular weight excluding hydrogens is 206 g/mol. The highest BCUT2D eigenvalue weighted by molar-refractivity contribution is 7.05. The van der Waals surface area contributed by atoms with Crippen LogP contribution >= 0.6 is 11.5 Å². The maximum absolute atomic E-state index is 6.08. The van der Waals surface area contributed by atoms with E-state index in [1.54, 1.807) is 0 Å². The van der Waals surface area contributed by atoms with Crippen LogP contribution in [0.4, 0.5) is 0 Å². The average Bonchev–Trinajstić information content (AvgIpc) is 2.66. The lowest BCUT2D eigenvalue weighted by molar-refractivity contribution is 0.617. The number of hydrogen-bond acceptors (Lipinski definition) is 4. The Balaban J connectivity index is 2.61. The highest BCUT2D eigenvalue weighted by atomic mass is 32.1. The third-order valence-electron chi connectivity index (χ3n) is 2.26. The first-order valence-electron chi connectivity index (χ1n) is 5.18. The maximum Gasteiger partial charge on any atom is 0.0828 e. The van der Waals surface area contributed by atoms with Gasteiger partial charge in [0.1, 0.15) is 0 Å². The van der Waals surface area contributed by atoms with Crippen LogP contribution in [0, 0.1) is 12.3 Å². The van der Waals surface area contributed by atoms with E-state index in [1.165, 1.54) is 11.5 Å². The summed E-state index contributed by atoms with van der Waals surface area (Å²) in [6, 6.07) is 0.0377. The van der Waals surface area contributed by atoms with Gasteiger partial charge < -0.3 is 5.73 Å². The van der Waals surface area contributed by atoms with Gasteiger partial charge in [0.05, 0.1) is 10.6 Å². The van der Waals surface area contributed by atoms with Crippen LogP contribution in [0.25, 0.3) is 0 Å². The summed E-state index contributed by atoms with van der Waals surface area (Å²) in [4.78, 5) is 1.11. The molecule has 0 aliphatic rings. The van der Waals surface area contributed by atoms with Gasteiger partial charge in [-0.3, -0.25) is 0 Å². The molecule has 4 heteroatoms. The molecule has 0 aromatic carbocycles. The second-order valence-electron chi connectivity index (χ2n) is 3.88. The smallest absolute Gasteiger partial charge is 0.0828 e. The molecule has 1 rings (SSSR count). The third-order valence-corrected chi connectivity index (χ3v) is 3.13. The molecule has 0 aliphatic heterocycles. The Morgan fingerprint density at radius 3 is 2.87 bits per heavy atom. The van der Waals surface area contributed by atoms with E-state index >= 15 is 0 Å². The number of rotatable bonds is 5. The molecule has 0 bridgehead atoms. The van der Waals surface area contributed by atoms with Crippen molar-refractivity contribution in [2.24, 2.45) is 5.73 Å². The van der Waals surface area contributed by atoms with Crippen molar-refractivity contribution in [2.75, 3.05) is 0 Å². The van der Waals surface area contributed by atoms with Gasteiger partial charge in [-0.2, -0.15) is 0 Å². The van der Waals surface area contributed by atoms with Gasteiger partial charge in [-0.15, -0.1) is 17.4 Å². The minimum absolute atomic E-state index is 0.0377. The zero-order valence-electron chi connectivity index (χ0n) is 9.23. The molecule has 1 heterocycles. The molecule has 0 amide bonds. The second kappa shape index (κ2) is 5.84. The molecule has 1 unspecified atom stereocenters. The van der Waals surface area contributed by atoms with Gasteiger partial charge in [-0.05, 0) is 30.3 Å². The quantitative estimate of drug-likeness (QED) is 0.616. The van der Waals surface area contributed by atoms with Crippen molar-refractivity contribution in [1.82, 2.24) is 9.59 Å². The van der Waals surface area contributed by atoms with Crippen molar-refractivity contribution in [3.63, 3.8) is 0 Å².